The van der Waals surface area contributed by atoms with Gasteiger partial charge in [-0.3, -0.25) is 5.10 Å². The first-order chi connectivity index (χ1) is 5.24. The molecule has 0 saturated heterocycles. The van der Waals surface area contributed by atoms with Crippen LogP contribution in [0.15, 0.2) is 4.79 Å². The fourth-order valence-corrected chi connectivity index (χ4v) is 0.654. The molecule has 5 heteroatoms. The molecule has 0 atom stereocenters. The highest BCUT2D eigenvalue weighted by Crippen LogP contribution is 1.96. The minimum Gasteiger partial charge on any atom is -0.333 e. The Hall–Kier alpha value is -1.70. The Morgan fingerprint density at radius 2 is 2.45 bits per heavy atom. The van der Waals surface area contributed by atoms with Crippen LogP contribution >= 0.6 is 0 Å². The summed E-state index contributed by atoms with van der Waals surface area (Å²) in [5.74, 6) is 2.88. The molecule has 11 heavy (non-hydrogen) atoms. The monoisotopic (exact) mass is 152 g/mol. The van der Waals surface area contributed by atoms with E-state index in [2.05, 4.69) is 21.1 Å². The maximum absolute atomic E-state index is 10.5. The van der Waals surface area contributed by atoms with Crippen LogP contribution in [0.3, 0.4) is 0 Å². The number of anilines is 1. The van der Waals surface area contributed by atoms with Gasteiger partial charge in [-0.25, -0.2) is 9.89 Å². The van der Waals surface area contributed by atoms with Gasteiger partial charge in [0.05, 0.1) is 6.54 Å². The maximum Gasteiger partial charge on any atom is 0.362 e. The number of hydrogen-bond acceptors (Lipinski definition) is 3. The molecule has 0 radical (unpaired) electrons. The van der Waals surface area contributed by atoms with Crippen molar-refractivity contribution in [3.8, 4) is 12.3 Å². The second kappa shape index (κ2) is 2.92. The molecular weight excluding hydrogens is 144 g/mol. The lowest BCUT2D eigenvalue weighted by molar-refractivity contribution is 0.956. The molecule has 0 unspecified atom stereocenters. The van der Waals surface area contributed by atoms with E-state index in [4.69, 9.17) is 6.42 Å². The number of H-pyrrole nitrogens is 2. The van der Waals surface area contributed by atoms with Crippen LogP contribution in [-0.4, -0.2) is 28.8 Å². The van der Waals surface area contributed by atoms with Gasteiger partial charge in [-0.2, -0.15) is 4.98 Å². The predicted octanol–water partition coefficient (Wildman–Crippen LogP) is -0.833. The van der Waals surface area contributed by atoms with E-state index in [9.17, 15) is 4.79 Å². The summed E-state index contributed by atoms with van der Waals surface area (Å²) in [4.78, 5) is 15.8. The molecule has 2 N–H and O–H groups in total. The lowest BCUT2D eigenvalue weighted by atomic mass is 10.6. The molecule has 0 amide bonds. The first-order valence-corrected chi connectivity index (χ1v) is 3.03. The Balaban J connectivity index is 2.78. The third-order valence-electron chi connectivity index (χ3n) is 1.18. The molecule has 1 aromatic heterocycles. The van der Waals surface area contributed by atoms with Crippen LogP contribution in [0.2, 0.25) is 0 Å². The number of hydrogen-bond donors (Lipinski definition) is 2. The van der Waals surface area contributed by atoms with Gasteiger partial charge in [0.25, 0.3) is 0 Å². The van der Waals surface area contributed by atoms with Gasteiger partial charge in [-0.05, 0) is 0 Å². The van der Waals surface area contributed by atoms with Crippen molar-refractivity contribution < 1.29 is 0 Å². The van der Waals surface area contributed by atoms with E-state index in [1.165, 1.54) is 0 Å². The third-order valence-corrected chi connectivity index (χ3v) is 1.18. The number of nitrogens with one attached hydrogen (secondary N) is 2. The van der Waals surface area contributed by atoms with Gasteiger partial charge in [0.15, 0.2) is 0 Å². The second-order valence-electron chi connectivity index (χ2n) is 2.05. The molecule has 5 nitrogen and oxygen atoms in total. The van der Waals surface area contributed by atoms with Crippen molar-refractivity contribution in [3.63, 3.8) is 0 Å². The van der Waals surface area contributed by atoms with Gasteiger partial charge in [0.2, 0.25) is 5.95 Å². The third kappa shape index (κ3) is 1.61. The summed E-state index contributed by atoms with van der Waals surface area (Å²) in [7, 11) is 1.74. The number of aromatic amines is 2. The molecule has 1 rings (SSSR count). The van der Waals surface area contributed by atoms with Crippen molar-refractivity contribution in [1.82, 2.24) is 15.2 Å². The Labute approximate surface area is 63.4 Å². The van der Waals surface area contributed by atoms with E-state index < -0.39 is 5.69 Å². The van der Waals surface area contributed by atoms with Gasteiger partial charge in [-0.1, -0.05) is 5.92 Å². The first kappa shape index (κ1) is 7.41. The quantitative estimate of drug-likeness (QED) is 0.543. The molecular formula is C6H8N4O. The Morgan fingerprint density at radius 1 is 1.73 bits per heavy atom. The lowest BCUT2D eigenvalue weighted by Crippen LogP contribution is -2.18. The summed E-state index contributed by atoms with van der Waals surface area (Å²) in [6.07, 6.45) is 5.05. The van der Waals surface area contributed by atoms with Crippen LogP contribution in [0.25, 0.3) is 0 Å². The summed E-state index contributed by atoms with van der Waals surface area (Å²) in [5, 5.41) is 4.88. The lowest BCUT2D eigenvalue weighted by Gasteiger charge is -2.09. The molecule has 1 heterocycles. The number of nitrogens with zero attached hydrogens (tertiary/aromatic N) is 2. The molecule has 0 spiro atoms. The number of aromatic nitrogens is 3. The van der Waals surface area contributed by atoms with Crippen molar-refractivity contribution in [2.45, 2.75) is 0 Å². The second-order valence-corrected chi connectivity index (χ2v) is 2.05. The van der Waals surface area contributed by atoms with Crippen molar-refractivity contribution in [3.05, 3.63) is 10.5 Å². The summed E-state index contributed by atoms with van der Waals surface area (Å²) < 4.78 is 0. The highest BCUT2D eigenvalue weighted by Gasteiger charge is 2.01. The van der Waals surface area contributed by atoms with Gasteiger partial charge in [0.1, 0.15) is 0 Å². The average molecular weight is 152 g/mol. The molecule has 58 valence electrons. The molecule has 0 aromatic carbocycles. The highest BCUT2D eigenvalue weighted by atomic mass is 16.1. The van der Waals surface area contributed by atoms with Crippen LogP contribution in [0.5, 0.6) is 0 Å². The maximum atomic E-state index is 10.5. The van der Waals surface area contributed by atoms with Crippen molar-refractivity contribution in [2.24, 2.45) is 0 Å². The van der Waals surface area contributed by atoms with Gasteiger partial charge < -0.3 is 4.90 Å². The fraction of sp³-hybridized carbons (Fsp3) is 0.333. The van der Waals surface area contributed by atoms with Gasteiger partial charge in [0, 0.05) is 7.05 Å². The fourth-order valence-electron chi connectivity index (χ4n) is 0.654. The standard InChI is InChI=1S/C6H8N4O/c1-3-4-10(2)5-7-6(11)9-8-5/h1H,4H2,2H3,(H2,7,8,9,11). The van der Waals surface area contributed by atoms with Crippen LogP contribution < -0.4 is 10.6 Å². The van der Waals surface area contributed by atoms with Crippen molar-refractivity contribution in [1.29, 1.82) is 0 Å². The smallest absolute Gasteiger partial charge is 0.333 e. The van der Waals surface area contributed by atoms with Crippen molar-refractivity contribution in [2.75, 3.05) is 18.5 Å². The summed E-state index contributed by atoms with van der Waals surface area (Å²) in [6, 6.07) is 0. The van der Waals surface area contributed by atoms with Crippen molar-refractivity contribution >= 4 is 5.95 Å². The molecule has 0 aliphatic heterocycles. The molecule has 0 fully saturated rings. The predicted molar refractivity (Wildman–Crippen MR) is 41.3 cm³/mol. The van der Waals surface area contributed by atoms with Crippen LogP contribution in [0.4, 0.5) is 5.95 Å². The van der Waals surface area contributed by atoms with E-state index >= 15 is 0 Å². The molecule has 0 aliphatic rings. The normalized spacial score (nSPS) is 9.09. The van der Waals surface area contributed by atoms with Crippen LogP contribution in [0.1, 0.15) is 0 Å². The van der Waals surface area contributed by atoms with Crippen LogP contribution in [0, 0.1) is 12.3 Å². The number of terminal acetylenes is 1. The average Bonchev–Trinajstić information content (AvgIpc) is 2.36. The van der Waals surface area contributed by atoms with Crippen LogP contribution in [-0.2, 0) is 0 Å². The zero-order chi connectivity index (χ0) is 8.27. The van der Waals surface area contributed by atoms with E-state index in [1.807, 2.05) is 0 Å². The Bertz CT molecular complexity index is 318. The minimum atomic E-state index is -0.399. The first-order valence-electron chi connectivity index (χ1n) is 3.03. The number of rotatable bonds is 2. The highest BCUT2D eigenvalue weighted by molar-refractivity contribution is 5.27. The Kier molecular flexibility index (Phi) is 1.97. The zero-order valence-electron chi connectivity index (χ0n) is 6.09. The molecule has 0 saturated carbocycles. The summed E-state index contributed by atoms with van der Waals surface area (Å²) in [5.41, 5.74) is -0.399. The zero-order valence-corrected chi connectivity index (χ0v) is 6.09. The van der Waals surface area contributed by atoms with Gasteiger partial charge >= 0.3 is 5.69 Å². The molecule has 0 aliphatic carbocycles. The molecule has 0 bridgehead atoms. The largest absolute Gasteiger partial charge is 0.362 e. The van der Waals surface area contributed by atoms with E-state index in [0.717, 1.165) is 0 Å². The summed E-state index contributed by atoms with van der Waals surface area (Å²) >= 11 is 0. The van der Waals surface area contributed by atoms with E-state index in [1.54, 1.807) is 11.9 Å². The van der Waals surface area contributed by atoms with E-state index in [0.29, 0.717) is 12.5 Å². The summed E-state index contributed by atoms with van der Waals surface area (Å²) in [6.45, 7) is 0.417. The molecule has 1 aromatic rings. The van der Waals surface area contributed by atoms with Gasteiger partial charge in [-0.15, -0.1) is 6.42 Å². The van der Waals surface area contributed by atoms with E-state index in [-0.39, 0.29) is 0 Å². The minimum absolute atomic E-state index is 0.399. The SMILES string of the molecule is C#CCN(C)c1nc(=O)[nH][nH]1. The topological polar surface area (TPSA) is 64.8 Å². The Morgan fingerprint density at radius 3 is 2.91 bits per heavy atom.